The van der Waals surface area contributed by atoms with E-state index in [1.54, 1.807) is 81.4 Å². The molecule has 0 bridgehead atoms. The number of ether oxygens (including phenoxy) is 1. The Morgan fingerprint density at radius 3 is 2.44 bits per heavy atom. The molecule has 4 rings (SSSR count). The molecule has 2 amide bonds. The minimum atomic E-state index is -1.58. The quantitative estimate of drug-likeness (QED) is 0.381. The van der Waals surface area contributed by atoms with Gasteiger partial charge in [0, 0.05) is 4.92 Å². The fourth-order valence-corrected chi connectivity index (χ4v) is 4.65. The van der Waals surface area contributed by atoms with E-state index < -0.39 is 40.4 Å². The maximum absolute atomic E-state index is 14.4. The van der Waals surface area contributed by atoms with E-state index in [1.807, 2.05) is 6.92 Å². The molecule has 1 aromatic heterocycles. The molecular formula is C26H26N2O6. The Bertz CT molecular complexity index is 1230. The van der Waals surface area contributed by atoms with Crippen LogP contribution in [0.3, 0.4) is 0 Å². The van der Waals surface area contributed by atoms with Gasteiger partial charge in [-0.05, 0) is 57.0 Å². The molecule has 0 fully saturated rings. The number of nitro groups is 1. The molecule has 0 N–H and O–H groups in total. The molecule has 1 aliphatic heterocycles. The van der Waals surface area contributed by atoms with Crippen molar-refractivity contribution in [2.24, 2.45) is 0 Å². The summed E-state index contributed by atoms with van der Waals surface area (Å²) in [4.78, 5) is 40.1. The van der Waals surface area contributed by atoms with Gasteiger partial charge >= 0.3 is 6.09 Å². The Labute approximate surface area is 197 Å². The van der Waals surface area contributed by atoms with E-state index in [9.17, 15) is 19.7 Å². The second-order valence-electron chi connectivity index (χ2n) is 9.40. The van der Waals surface area contributed by atoms with Gasteiger partial charge in [0.15, 0.2) is 0 Å². The number of imide groups is 1. The molecule has 2 aromatic carbocycles. The van der Waals surface area contributed by atoms with Gasteiger partial charge in [-0.2, -0.15) is 0 Å². The number of nitrogens with zero attached hydrogens (tertiary/aromatic N) is 2. The molecule has 8 nitrogen and oxygen atoms in total. The van der Waals surface area contributed by atoms with Gasteiger partial charge in [-0.3, -0.25) is 14.9 Å². The van der Waals surface area contributed by atoms with Crippen LogP contribution in [0.5, 0.6) is 0 Å². The van der Waals surface area contributed by atoms with E-state index in [0.29, 0.717) is 16.8 Å². The first kappa shape index (κ1) is 23.2. The van der Waals surface area contributed by atoms with Crippen molar-refractivity contribution in [3.8, 4) is 0 Å². The van der Waals surface area contributed by atoms with Crippen molar-refractivity contribution in [2.75, 3.05) is 11.4 Å². The molecule has 0 spiro atoms. The second kappa shape index (κ2) is 8.44. The first-order valence-corrected chi connectivity index (χ1v) is 10.9. The lowest BCUT2D eigenvalue weighted by molar-refractivity contribution is -0.485. The number of anilines is 1. The summed E-state index contributed by atoms with van der Waals surface area (Å²) >= 11 is 0. The number of hydrogen-bond acceptors (Lipinski definition) is 6. The summed E-state index contributed by atoms with van der Waals surface area (Å²) < 4.78 is 11.2. The maximum atomic E-state index is 14.4. The van der Waals surface area contributed by atoms with Crippen LogP contribution in [0.25, 0.3) is 0 Å². The summed E-state index contributed by atoms with van der Waals surface area (Å²) in [6.07, 6.45) is 0.586. The molecule has 0 aliphatic carbocycles. The zero-order chi connectivity index (χ0) is 24.7. The van der Waals surface area contributed by atoms with Gasteiger partial charge in [0.25, 0.3) is 5.91 Å². The van der Waals surface area contributed by atoms with Crippen LogP contribution in [0, 0.1) is 17.0 Å². The molecule has 34 heavy (non-hydrogen) atoms. The summed E-state index contributed by atoms with van der Waals surface area (Å²) in [5.74, 6) is -1.34. The van der Waals surface area contributed by atoms with Gasteiger partial charge in [-0.1, -0.05) is 48.0 Å². The molecule has 0 saturated carbocycles. The molecule has 3 aromatic rings. The average Bonchev–Trinajstić information content (AvgIpc) is 3.36. The molecule has 1 aliphatic rings. The van der Waals surface area contributed by atoms with Crippen molar-refractivity contribution in [1.82, 2.24) is 0 Å². The molecule has 2 heterocycles. The zero-order valence-corrected chi connectivity index (χ0v) is 19.5. The summed E-state index contributed by atoms with van der Waals surface area (Å²) in [7, 11) is 0. The van der Waals surface area contributed by atoms with Gasteiger partial charge in [0.2, 0.25) is 6.54 Å². The van der Waals surface area contributed by atoms with Crippen LogP contribution in [0.4, 0.5) is 10.5 Å². The predicted molar refractivity (Wildman–Crippen MR) is 125 cm³/mol. The third-order valence-electron chi connectivity index (χ3n) is 5.90. The molecule has 0 saturated heterocycles. The van der Waals surface area contributed by atoms with Crippen LogP contribution < -0.4 is 4.90 Å². The molecular weight excluding hydrogens is 436 g/mol. The number of carbonyl (C=O) groups is 2. The predicted octanol–water partition coefficient (Wildman–Crippen LogP) is 5.22. The second-order valence-corrected chi connectivity index (χ2v) is 9.40. The summed E-state index contributed by atoms with van der Waals surface area (Å²) in [6, 6.07) is 17.4. The Balaban J connectivity index is 2.05. The fourth-order valence-electron chi connectivity index (χ4n) is 4.65. The number of benzene rings is 2. The smallest absolute Gasteiger partial charge is 0.421 e. The minimum Gasteiger partial charge on any atom is -0.469 e. The van der Waals surface area contributed by atoms with Crippen LogP contribution in [-0.2, 0) is 14.9 Å². The standard InChI is InChI=1S/C26H26N2O6/c1-17-12-13-21-19(15-17)26(18-9-6-5-7-10-18,20(16-27(31)32)22-11-8-14-33-22)23(29)28(21)24(30)34-25(2,3)4/h5-15,20H,16H2,1-4H3/t20-,26-/m1/s1. The van der Waals surface area contributed by atoms with Crippen LogP contribution in [0.15, 0.2) is 71.3 Å². The van der Waals surface area contributed by atoms with Gasteiger partial charge in [0.1, 0.15) is 22.7 Å². The van der Waals surface area contributed by atoms with Gasteiger partial charge in [-0.25, -0.2) is 9.69 Å². The Kier molecular flexibility index (Phi) is 5.77. The Morgan fingerprint density at radius 2 is 1.85 bits per heavy atom. The average molecular weight is 463 g/mol. The van der Waals surface area contributed by atoms with E-state index in [2.05, 4.69) is 0 Å². The minimum absolute atomic E-state index is 0.285. The van der Waals surface area contributed by atoms with Crippen molar-refractivity contribution in [3.05, 3.63) is 99.5 Å². The number of amides is 2. The van der Waals surface area contributed by atoms with E-state index >= 15 is 0 Å². The lowest BCUT2D eigenvalue weighted by Crippen LogP contribution is -2.50. The Hall–Kier alpha value is -3.94. The summed E-state index contributed by atoms with van der Waals surface area (Å²) in [5.41, 5.74) is -0.212. The molecule has 0 radical (unpaired) electrons. The molecule has 2 atom stereocenters. The van der Waals surface area contributed by atoms with Crippen LogP contribution >= 0.6 is 0 Å². The van der Waals surface area contributed by atoms with Crippen molar-refractivity contribution in [2.45, 2.75) is 44.6 Å². The number of rotatable bonds is 5. The Morgan fingerprint density at radius 1 is 1.15 bits per heavy atom. The van der Waals surface area contributed by atoms with E-state index in [4.69, 9.17) is 9.15 Å². The first-order valence-electron chi connectivity index (χ1n) is 10.9. The highest BCUT2D eigenvalue weighted by Gasteiger charge is 2.61. The normalized spacial score (nSPS) is 18.5. The van der Waals surface area contributed by atoms with Crippen LogP contribution in [0.2, 0.25) is 0 Å². The SMILES string of the molecule is Cc1ccc2c(c1)[C@](c1ccccc1)([C@H](C[N+](=O)[O-])c1ccco1)C(=O)N2C(=O)OC(C)(C)C. The third-order valence-corrected chi connectivity index (χ3v) is 5.90. The van der Waals surface area contributed by atoms with Crippen molar-refractivity contribution in [1.29, 1.82) is 0 Å². The highest BCUT2D eigenvalue weighted by Crippen LogP contribution is 2.54. The topological polar surface area (TPSA) is 103 Å². The lowest BCUT2D eigenvalue weighted by Gasteiger charge is -2.34. The number of carbonyl (C=O) groups excluding carboxylic acids is 2. The number of furan rings is 1. The number of aryl methyl sites for hydroxylation is 1. The molecule has 0 unspecified atom stereocenters. The van der Waals surface area contributed by atoms with Gasteiger partial charge in [-0.15, -0.1) is 0 Å². The van der Waals surface area contributed by atoms with Gasteiger partial charge < -0.3 is 9.15 Å². The van der Waals surface area contributed by atoms with E-state index in [1.165, 1.54) is 6.26 Å². The summed E-state index contributed by atoms with van der Waals surface area (Å²) in [6.45, 7) is 6.43. The van der Waals surface area contributed by atoms with Crippen LogP contribution in [-0.4, -0.2) is 29.1 Å². The van der Waals surface area contributed by atoms with Crippen molar-refractivity contribution in [3.63, 3.8) is 0 Å². The van der Waals surface area contributed by atoms with Crippen molar-refractivity contribution >= 4 is 17.7 Å². The number of fused-ring (bicyclic) bond motifs is 1. The molecule has 176 valence electrons. The third kappa shape index (κ3) is 3.85. The van der Waals surface area contributed by atoms with Gasteiger partial charge in [0.05, 0.1) is 12.0 Å². The first-order chi connectivity index (χ1) is 16.1. The zero-order valence-electron chi connectivity index (χ0n) is 19.5. The van der Waals surface area contributed by atoms with Crippen LogP contribution in [0.1, 0.15) is 49.1 Å². The fraction of sp³-hybridized carbons (Fsp3) is 0.308. The van der Waals surface area contributed by atoms with E-state index in [0.717, 1.165) is 10.5 Å². The summed E-state index contributed by atoms with van der Waals surface area (Å²) in [5, 5.41) is 11.9. The lowest BCUT2D eigenvalue weighted by atomic mass is 9.65. The highest BCUT2D eigenvalue weighted by atomic mass is 16.6. The van der Waals surface area contributed by atoms with Crippen molar-refractivity contribution < 1.29 is 23.7 Å². The number of hydrogen-bond donors (Lipinski definition) is 0. The maximum Gasteiger partial charge on any atom is 0.421 e. The monoisotopic (exact) mass is 462 g/mol. The van der Waals surface area contributed by atoms with E-state index in [-0.39, 0.29) is 5.76 Å². The molecule has 8 heteroatoms. The highest BCUT2D eigenvalue weighted by molar-refractivity contribution is 6.23. The largest absolute Gasteiger partial charge is 0.469 e.